The number of carbonyl (C=O) groups excluding carboxylic acids is 1. The van der Waals surface area contributed by atoms with E-state index in [1.54, 1.807) is 4.90 Å². The number of carbonyl (C=O) groups is 1. The number of thiocarbonyl (C=S) groups is 1. The Balaban J connectivity index is 2.10. The number of rotatable bonds is 3. The fourth-order valence-corrected chi connectivity index (χ4v) is 2.04. The van der Waals surface area contributed by atoms with Crippen LogP contribution in [0.5, 0.6) is 0 Å². The number of nitrogens with two attached hydrogens (primary N) is 1. The third kappa shape index (κ3) is 2.47. The molecule has 0 bridgehead atoms. The van der Waals surface area contributed by atoms with Crippen molar-refractivity contribution < 1.29 is 4.79 Å². The number of benzene rings is 1. The molecule has 1 aromatic rings. The summed E-state index contributed by atoms with van der Waals surface area (Å²) in [4.78, 5) is 14.1. The van der Waals surface area contributed by atoms with Crippen LogP contribution in [0.3, 0.4) is 0 Å². The lowest BCUT2D eigenvalue weighted by Gasteiger charge is -2.29. The Bertz CT molecular complexity index is 437. The van der Waals surface area contributed by atoms with E-state index in [0.717, 1.165) is 24.1 Å². The molecule has 0 atom stereocenters. The predicted octanol–water partition coefficient (Wildman–Crippen LogP) is 2.08. The van der Waals surface area contributed by atoms with Gasteiger partial charge >= 0.3 is 0 Å². The monoisotopic (exact) mass is 248 g/mol. The first-order chi connectivity index (χ1) is 8.09. The van der Waals surface area contributed by atoms with Crippen LogP contribution in [-0.4, -0.2) is 17.9 Å². The topological polar surface area (TPSA) is 46.3 Å². The van der Waals surface area contributed by atoms with Crippen molar-refractivity contribution in [3.8, 4) is 0 Å². The normalized spacial score (nSPS) is 15.1. The molecule has 1 aromatic carbocycles. The summed E-state index contributed by atoms with van der Waals surface area (Å²) in [6.45, 7) is 0. The molecule has 0 aliphatic heterocycles. The summed E-state index contributed by atoms with van der Waals surface area (Å²) < 4.78 is 0. The minimum absolute atomic E-state index is 0.208. The summed E-state index contributed by atoms with van der Waals surface area (Å²) in [5.41, 5.74) is 7.25. The maximum Gasteiger partial charge on any atom is 0.229 e. The minimum Gasteiger partial charge on any atom is -0.389 e. The van der Waals surface area contributed by atoms with Crippen LogP contribution in [0.2, 0.25) is 0 Å². The average Bonchev–Trinajstić information content (AvgIpc) is 2.25. The van der Waals surface area contributed by atoms with Crippen LogP contribution in [0, 0.1) is 5.92 Å². The lowest BCUT2D eigenvalue weighted by atomic mass is 9.84. The molecule has 90 valence electrons. The molecule has 0 aromatic heterocycles. The third-order valence-electron chi connectivity index (χ3n) is 3.32. The van der Waals surface area contributed by atoms with Gasteiger partial charge in [0.05, 0.1) is 0 Å². The van der Waals surface area contributed by atoms with Crippen molar-refractivity contribution in [1.29, 1.82) is 0 Å². The molecule has 1 saturated carbocycles. The van der Waals surface area contributed by atoms with Crippen LogP contribution in [0.1, 0.15) is 24.8 Å². The van der Waals surface area contributed by atoms with Crippen LogP contribution >= 0.6 is 12.2 Å². The van der Waals surface area contributed by atoms with E-state index in [-0.39, 0.29) is 11.8 Å². The van der Waals surface area contributed by atoms with Gasteiger partial charge in [-0.1, -0.05) is 18.6 Å². The maximum atomic E-state index is 12.0. The van der Waals surface area contributed by atoms with Crippen molar-refractivity contribution in [3.63, 3.8) is 0 Å². The second-order valence-corrected chi connectivity index (χ2v) is 4.88. The summed E-state index contributed by atoms with van der Waals surface area (Å²) in [5.74, 6) is 0.426. The van der Waals surface area contributed by atoms with Crippen LogP contribution in [0.25, 0.3) is 0 Å². The zero-order chi connectivity index (χ0) is 12.4. The van der Waals surface area contributed by atoms with Gasteiger partial charge in [0.15, 0.2) is 0 Å². The molecule has 1 amide bonds. The average molecular weight is 248 g/mol. The van der Waals surface area contributed by atoms with Crippen LogP contribution in [0.15, 0.2) is 24.3 Å². The molecule has 2 N–H and O–H groups in total. The second kappa shape index (κ2) is 4.84. The summed E-state index contributed by atoms with van der Waals surface area (Å²) in [5, 5.41) is 0. The lowest BCUT2D eigenvalue weighted by molar-refractivity contribution is -0.124. The number of amides is 1. The molecule has 0 spiro atoms. The van der Waals surface area contributed by atoms with Gasteiger partial charge in [-0.25, -0.2) is 0 Å². The highest BCUT2D eigenvalue weighted by Crippen LogP contribution is 2.29. The van der Waals surface area contributed by atoms with Gasteiger partial charge in [0.1, 0.15) is 4.99 Å². The van der Waals surface area contributed by atoms with Gasteiger partial charge in [-0.15, -0.1) is 0 Å². The summed E-state index contributed by atoms with van der Waals surface area (Å²) >= 11 is 4.89. The van der Waals surface area contributed by atoms with Crippen molar-refractivity contribution >= 4 is 28.8 Å². The van der Waals surface area contributed by atoms with Crippen molar-refractivity contribution in [2.45, 2.75) is 19.3 Å². The molecule has 4 heteroatoms. The lowest BCUT2D eigenvalue weighted by Crippen LogP contribution is -2.36. The Labute approximate surface area is 107 Å². The first kappa shape index (κ1) is 12.0. The quantitative estimate of drug-likeness (QED) is 0.833. The van der Waals surface area contributed by atoms with Crippen molar-refractivity contribution in [1.82, 2.24) is 0 Å². The van der Waals surface area contributed by atoms with E-state index in [2.05, 4.69) is 0 Å². The van der Waals surface area contributed by atoms with Gasteiger partial charge in [0, 0.05) is 24.2 Å². The molecule has 0 heterocycles. The summed E-state index contributed by atoms with van der Waals surface area (Å²) in [6, 6.07) is 7.46. The first-order valence-electron chi connectivity index (χ1n) is 5.77. The van der Waals surface area contributed by atoms with E-state index in [1.165, 1.54) is 6.42 Å². The standard InChI is InChI=1S/C13H16N2OS/c1-15(13(16)10-3-2-4-10)11-7-5-9(6-8-11)12(14)17/h5-8,10H,2-4H2,1H3,(H2,14,17). The fourth-order valence-electron chi connectivity index (χ4n) is 1.91. The molecule has 17 heavy (non-hydrogen) atoms. The minimum atomic E-state index is 0.208. The highest BCUT2D eigenvalue weighted by atomic mass is 32.1. The van der Waals surface area contributed by atoms with Crippen LogP contribution in [-0.2, 0) is 4.79 Å². The Morgan fingerprint density at radius 2 is 1.94 bits per heavy atom. The van der Waals surface area contributed by atoms with E-state index in [4.69, 9.17) is 18.0 Å². The number of nitrogens with zero attached hydrogens (tertiary/aromatic N) is 1. The maximum absolute atomic E-state index is 12.0. The number of hydrogen-bond acceptors (Lipinski definition) is 2. The fraction of sp³-hybridized carbons (Fsp3) is 0.385. The zero-order valence-corrected chi connectivity index (χ0v) is 10.7. The van der Waals surface area contributed by atoms with E-state index < -0.39 is 0 Å². The van der Waals surface area contributed by atoms with Crippen molar-refractivity contribution in [2.75, 3.05) is 11.9 Å². The van der Waals surface area contributed by atoms with E-state index in [1.807, 2.05) is 31.3 Å². The molecule has 3 nitrogen and oxygen atoms in total. The SMILES string of the molecule is CN(C(=O)C1CCC1)c1ccc(C(N)=S)cc1. The molecule has 1 fully saturated rings. The Kier molecular flexibility index (Phi) is 3.43. The van der Waals surface area contributed by atoms with Crippen molar-refractivity contribution in [3.05, 3.63) is 29.8 Å². The first-order valence-corrected chi connectivity index (χ1v) is 6.18. The highest BCUT2D eigenvalue weighted by molar-refractivity contribution is 7.80. The molecule has 1 aliphatic rings. The smallest absolute Gasteiger partial charge is 0.229 e. The molecular formula is C13H16N2OS. The van der Waals surface area contributed by atoms with Crippen LogP contribution in [0.4, 0.5) is 5.69 Å². The van der Waals surface area contributed by atoms with Crippen molar-refractivity contribution in [2.24, 2.45) is 11.7 Å². The zero-order valence-electron chi connectivity index (χ0n) is 9.85. The molecule has 0 radical (unpaired) electrons. The molecule has 2 rings (SSSR count). The van der Waals surface area contributed by atoms with Gasteiger partial charge in [-0.2, -0.15) is 0 Å². The second-order valence-electron chi connectivity index (χ2n) is 4.44. The van der Waals surface area contributed by atoms with E-state index in [0.29, 0.717) is 4.99 Å². The van der Waals surface area contributed by atoms with Gasteiger partial charge in [0.2, 0.25) is 5.91 Å². The Morgan fingerprint density at radius 1 is 1.35 bits per heavy atom. The highest BCUT2D eigenvalue weighted by Gasteiger charge is 2.28. The molecule has 1 aliphatic carbocycles. The number of anilines is 1. The number of hydrogen-bond donors (Lipinski definition) is 1. The van der Waals surface area contributed by atoms with E-state index in [9.17, 15) is 4.79 Å². The Hall–Kier alpha value is -1.42. The van der Waals surface area contributed by atoms with E-state index >= 15 is 0 Å². The van der Waals surface area contributed by atoms with Gasteiger partial charge in [-0.3, -0.25) is 4.79 Å². The summed E-state index contributed by atoms with van der Waals surface area (Å²) in [6.07, 6.45) is 3.22. The predicted molar refractivity (Wildman–Crippen MR) is 73.1 cm³/mol. The molecule has 0 unspecified atom stereocenters. The van der Waals surface area contributed by atoms with Gasteiger partial charge < -0.3 is 10.6 Å². The van der Waals surface area contributed by atoms with Crippen LogP contribution < -0.4 is 10.6 Å². The third-order valence-corrected chi connectivity index (χ3v) is 3.56. The largest absolute Gasteiger partial charge is 0.389 e. The Morgan fingerprint density at radius 3 is 2.35 bits per heavy atom. The summed E-state index contributed by atoms with van der Waals surface area (Å²) in [7, 11) is 1.82. The van der Waals surface area contributed by atoms with Gasteiger partial charge in [-0.05, 0) is 37.1 Å². The molecule has 0 saturated heterocycles. The van der Waals surface area contributed by atoms with Gasteiger partial charge in [0.25, 0.3) is 0 Å². The molecular weight excluding hydrogens is 232 g/mol.